The first kappa shape index (κ1) is 16.5. The van der Waals surface area contributed by atoms with E-state index < -0.39 is 17.3 Å². The molecular formula is C15H18F3N5O2. The third-order valence-corrected chi connectivity index (χ3v) is 5.12. The van der Waals surface area contributed by atoms with E-state index in [0.717, 1.165) is 12.4 Å². The van der Waals surface area contributed by atoms with Crippen LogP contribution in [0.25, 0.3) is 0 Å². The van der Waals surface area contributed by atoms with E-state index in [1.807, 2.05) is 0 Å². The molecule has 25 heavy (non-hydrogen) atoms. The maximum atomic E-state index is 12.7. The van der Waals surface area contributed by atoms with Gasteiger partial charge < -0.3 is 20.3 Å². The summed E-state index contributed by atoms with van der Waals surface area (Å²) in [6.45, 7) is 2.23. The van der Waals surface area contributed by atoms with Gasteiger partial charge in [0, 0.05) is 57.0 Å². The van der Waals surface area contributed by atoms with Gasteiger partial charge in [0.05, 0.1) is 12.2 Å². The summed E-state index contributed by atoms with van der Waals surface area (Å²) in [5.74, 6) is 0.194. The number of anilines is 1. The van der Waals surface area contributed by atoms with Crippen molar-refractivity contribution >= 4 is 11.9 Å². The zero-order chi connectivity index (χ0) is 17.9. The van der Waals surface area contributed by atoms with Gasteiger partial charge in [0.2, 0.25) is 5.95 Å². The van der Waals surface area contributed by atoms with Crippen LogP contribution >= 0.6 is 0 Å². The predicted octanol–water partition coefficient (Wildman–Crippen LogP) is 0.404. The van der Waals surface area contributed by atoms with E-state index in [-0.39, 0.29) is 17.4 Å². The average Bonchev–Trinajstić information content (AvgIpc) is 3.08. The number of halogens is 3. The van der Waals surface area contributed by atoms with Crippen LogP contribution in [0.2, 0.25) is 0 Å². The highest BCUT2D eigenvalue weighted by molar-refractivity contribution is 5.88. The first-order valence-corrected chi connectivity index (χ1v) is 8.07. The molecule has 3 aliphatic heterocycles. The summed E-state index contributed by atoms with van der Waals surface area (Å²) >= 11 is 0. The van der Waals surface area contributed by atoms with Crippen molar-refractivity contribution in [3.8, 4) is 0 Å². The summed E-state index contributed by atoms with van der Waals surface area (Å²) in [5.41, 5.74) is 4.04. The Bertz CT molecular complexity index is 679. The van der Waals surface area contributed by atoms with Gasteiger partial charge in [-0.3, -0.25) is 4.79 Å². The molecule has 0 radical (unpaired) electrons. The van der Waals surface area contributed by atoms with Gasteiger partial charge in [-0.1, -0.05) is 0 Å². The van der Waals surface area contributed by atoms with Crippen LogP contribution in [0.3, 0.4) is 0 Å². The zero-order valence-corrected chi connectivity index (χ0v) is 13.4. The highest BCUT2D eigenvalue weighted by Crippen LogP contribution is 2.50. The molecule has 3 saturated heterocycles. The van der Waals surface area contributed by atoms with Gasteiger partial charge in [0.1, 0.15) is 0 Å². The number of hydrogen-bond acceptors (Lipinski definition) is 6. The molecule has 1 aromatic heterocycles. The first-order chi connectivity index (χ1) is 11.7. The number of fused-ring (bicyclic) bond motifs is 1. The van der Waals surface area contributed by atoms with Crippen molar-refractivity contribution < 1.29 is 22.7 Å². The highest BCUT2D eigenvalue weighted by Gasteiger charge is 2.65. The van der Waals surface area contributed by atoms with Crippen molar-refractivity contribution in [2.45, 2.75) is 30.2 Å². The normalized spacial score (nSPS) is 31.8. The average molecular weight is 357 g/mol. The number of piperazine rings is 1. The number of hydrogen-bond donors (Lipinski definition) is 1. The SMILES string of the molecule is N[C@]12CO[C@](C(=O)N3CCN(c4ncc(C(F)(F)F)cn4)CC3)(C1)C2. The molecular weight excluding hydrogens is 339 g/mol. The lowest BCUT2D eigenvalue weighted by molar-refractivity contribution is -0.155. The molecule has 1 saturated carbocycles. The number of amides is 1. The first-order valence-electron chi connectivity index (χ1n) is 8.07. The molecule has 0 aromatic carbocycles. The Balaban J connectivity index is 1.36. The van der Waals surface area contributed by atoms with E-state index >= 15 is 0 Å². The minimum Gasteiger partial charge on any atom is -0.363 e. The molecule has 136 valence electrons. The predicted molar refractivity (Wildman–Crippen MR) is 80.7 cm³/mol. The number of aromatic nitrogens is 2. The second kappa shape index (κ2) is 5.28. The molecule has 10 heteroatoms. The summed E-state index contributed by atoms with van der Waals surface area (Å²) < 4.78 is 43.3. The second-order valence-electron chi connectivity index (χ2n) is 7.05. The Morgan fingerprint density at radius 2 is 1.76 bits per heavy atom. The van der Waals surface area contributed by atoms with E-state index in [0.29, 0.717) is 45.6 Å². The maximum Gasteiger partial charge on any atom is 0.419 e. The molecule has 1 aliphatic carbocycles. The Morgan fingerprint density at radius 1 is 1.16 bits per heavy atom. The molecule has 1 aromatic rings. The highest BCUT2D eigenvalue weighted by atomic mass is 19.4. The fourth-order valence-electron chi connectivity index (χ4n) is 3.81. The quantitative estimate of drug-likeness (QED) is 0.825. The van der Waals surface area contributed by atoms with Gasteiger partial charge >= 0.3 is 6.18 Å². The van der Waals surface area contributed by atoms with Crippen molar-refractivity contribution in [1.29, 1.82) is 0 Å². The topological polar surface area (TPSA) is 84.6 Å². The van der Waals surface area contributed by atoms with Crippen molar-refractivity contribution in [2.24, 2.45) is 5.73 Å². The van der Waals surface area contributed by atoms with Crippen molar-refractivity contribution in [1.82, 2.24) is 14.9 Å². The van der Waals surface area contributed by atoms with Gasteiger partial charge in [-0.05, 0) is 0 Å². The molecule has 4 fully saturated rings. The third-order valence-electron chi connectivity index (χ3n) is 5.12. The monoisotopic (exact) mass is 357 g/mol. The summed E-state index contributed by atoms with van der Waals surface area (Å²) in [6.07, 6.45) is -1.78. The number of nitrogens with two attached hydrogens (primary N) is 1. The standard InChI is InChI=1S/C15H18F3N5O2/c16-15(17,18)10-5-20-12(21-6-10)23-3-1-22(2-4-23)11(24)14-7-13(19,8-14)9-25-14/h5-6H,1-4,7-9,19H2/t13-,14-. The number of carbonyl (C=O) groups is 1. The lowest BCUT2D eigenvalue weighted by Gasteiger charge is -2.45. The summed E-state index contributed by atoms with van der Waals surface area (Å²) in [7, 11) is 0. The summed E-state index contributed by atoms with van der Waals surface area (Å²) in [4.78, 5) is 23.8. The maximum absolute atomic E-state index is 12.7. The Hall–Kier alpha value is -1.94. The molecule has 2 bridgehead atoms. The van der Waals surface area contributed by atoms with Crippen LogP contribution in [0.15, 0.2) is 12.4 Å². The van der Waals surface area contributed by atoms with Gasteiger partial charge in [0.25, 0.3) is 5.91 Å². The molecule has 0 unspecified atom stereocenters. The minimum atomic E-state index is -4.45. The van der Waals surface area contributed by atoms with E-state index in [1.165, 1.54) is 0 Å². The molecule has 0 atom stereocenters. The van der Waals surface area contributed by atoms with Crippen LogP contribution in [-0.2, 0) is 15.7 Å². The van der Waals surface area contributed by atoms with Crippen LogP contribution in [0.4, 0.5) is 19.1 Å². The fraction of sp³-hybridized carbons (Fsp3) is 0.667. The van der Waals surface area contributed by atoms with Crippen molar-refractivity contribution in [3.63, 3.8) is 0 Å². The van der Waals surface area contributed by atoms with E-state index in [4.69, 9.17) is 10.5 Å². The molecule has 4 aliphatic rings. The summed E-state index contributed by atoms with van der Waals surface area (Å²) in [5, 5.41) is 0. The number of carbonyl (C=O) groups excluding carboxylic acids is 1. The van der Waals surface area contributed by atoms with Crippen LogP contribution < -0.4 is 10.6 Å². The van der Waals surface area contributed by atoms with Gasteiger partial charge in [-0.25, -0.2) is 9.97 Å². The van der Waals surface area contributed by atoms with Crippen LogP contribution in [0.1, 0.15) is 18.4 Å². The molecule has 7 nitrogen and oxygen atoms in total. The van der Waals surface area contributed by atoms with E-state index in [9.17, 15) is 18.0 Å². The van der Waals surface area contributed by atoms with Crippen molar-refractivity contribution in [2.75, 3.05) is 37.7 Å². The number of ether oxygens (including phenoxy) is 1. The van der Waals surface area contributed by atoms with Crippen molar-refractivity contribution in [3.05, 3.63) is 18.0 Å². The molecule has 5 rings (SSSR count). The van der Waals surface area contributed by atoms with Crippen LogP contribution in [-0.4, -0.2) is 64.7 Å². The smallest absolute Gasteiger partial charge is 0.363 e. The van der Waals surface area contributed by atoms with Crippen LogP contribution in [0.5, 0.6) is 0 Å². The number of rotatable bonds is 2. The largest absolute Gasteiger partial charge is 0.419 e. The molecule has 1 amide bonds. The van der Waals surface area contributed by atoms with Gasteiger partial charge in [-0.2, -0.15) is 13.2 Å². The Morgan fingerprint density at radius 3 is 2.24 bits per heavy atom. The fourth-order valence-corrected chi connectivity index (χ4v) is 3.81. The molecule has 4 heterocycles. The Labute approximate surface area is 141 Å². The Kier molecular flexibility index (Phi) is 3.49. The second-order valence-corrected chi connectivity index (χ2v) is 7.05. The van der Waals surface area contributed by atoms with Crippen LogP contribution in [0, 0.1) is 0 Å². The lowest BCUT2D eigenvalue weighted by Crippen LogP contribution is -2.64. The van der Waals surface area contributed by atoms with Gasteiger partial charge in [0.15, 0.2) is 5.60 Å². The minimum absolute atomic E-state index is 0.0425. The molecule has 2 N–H and O–H groups in total. The molecule has 0 spiro atoms. The van der Waals surface area contributed by atoms with E-state index in [2.05, 4.69) is 9.97 Å². The summed E-state index contributed by atoms with van der Waals surface area (Å²) in [6, 6.07) is 0. The third kappa shape index (κ3) is 2.73. The van der Waals surface area contributed by atoms with E-state index in [1.54, 1.807) is 9.80 Å². The lowest BCUT2D eigenvalue weighted by atomic mass is 9.68. The zero-order valence-electron chi connectivity index (χ0n) is 13.4. The van der Waals surface area contributed by atoms with Gasteiger partial charge in [-0.15, -0.1) is 0 Å². The number of alkyl halides is 3. The number of nitrogens with zero attached hydrogens (tertiary/aromatic N) is 4.